The number of benzene rings is 1. The fourth-order valence-corrected chi connectivity index (χ4v) is 1.62. The number of pyridine rings is 1. The van der Waals surface area contributed by atoms with Crippen LogP contribution in [0, 0.1) is 5.95 Å². The molecule has 7 heteroatoms. The van der Waals surface area contributed by atoms with Crippen LogP contribution in [0.3, 0.4) is 0 Å². The van der Waals surface area contributed by atoms with Crippen molar-refractivity contribution in [3.8, 4) is 16.9 Å². The Morgan fingerprint density at radius 2 is 1.80 bits per heavy atom. The minimum absolute atomic E-state index is 0.0927. The van der Waals surface area contributed by atoms with Gasteiger partial charge in [-0.25, -0.2) is 4.98 Å². The van der Waals surface area contributed by atoms with E-state index in [9.17, 15) is 17.6 Å². The molecule has 0 aliphatic heterocycles. The number of aliphatic hydroxyl groups is 1. The third-order valence-electron chi connectivity index (χ3n) is 2.48. The van der Waals surface area contributed by atoms with Crippen LogP contribution in [0.25, 0.3) is 11.1 Å². The second kappa shape index (κ2) is 5.46. The highest BCUT2D eigenvalue weighted by Crippen LogP contribution is 2.27. The minimum atomic E-state index is -4.77. The lowest BCUT2D eigenvalue weighted by atomic mass is 10.1. The van der Waals surface area contributed by atoms with Gasteiger partial charge < -0.3 is 9.84 Å². The van der Waals surface area contributed by atoms with Crippen LogP contribution in [-0.4, -0.2) is 16.5 Å². The van der Waals surface area contributed by atoms with Crippen LogP contribution in [0.15, 0.2) is 36.5 Å². The molecule has 1 N–H and O–H groups in total. The molecule has 0 saturated carbocycles. The molecule has 0 aliphatic carbocycles. The van der Waals surface area contributed by atoms with E-state index in [1.165, 1.54) is 24.4 Å². The van der Waals surface area contributed by atoms with Crippen molar-refractivity contribution in [3.05, 3.63) is 48.0 Å². The summed E-state index contributed by atoms with van der Waals surface area (Å²) in [6.45, 7) is -0.310. The fraction of sp³-hybridized carbons (Fsp3) is 0.154. The molecule has 0 radical (unpaired) electrons. The number of alkyl halides is 3. The molecule has 2 rings (SSSR count). The van der Waals surface area contributed by atoms with E-state index in [2.05, 4.69) is 9.72 Å². The van der Waals surface area contributed by atoms with Crippen LogP contribution in [0.2, 0.25) is 0 Å². The van der Waals surface area contributed by atoms with Gasteiger partial charge in [-0.15, -0.1) is 13.2 Å². The van der Waals surface area contributed by atoms with Gasteiger partial charge in [-0.05, 0) is 29.3 Å². The maximum absolute atomic E-state index is 13.6. The third-order valence-corrected chi connectivity index (χ3v) is 2.48. The number of halogens is 4. The lowest BCUT2D eigenvalue weighted by Crippen LogP contribution is -2.16. The van der Waals surface area contributed by atoms with E-state index >= 15 is 0 Å². The van der Waals surface area contributed by atoms with Crippen molar-refractivity contribution in [1.82, 2.24) is 4.98 Å². The number of aromatic nitrogens is 1. The van der Waals surface area contributed by atoms with Crippen molar-refractivity contribution in [2.75, 3.05) is 0 Å². The highest BCUT2D eigenvalue weighted by Gasteiger charge is 2.30. The number of hydrogen-bond donors (Lipinski definition) is 1. The van der Waals surface area contributed by atoms with Gasteiger partial charge in [0.2, 0.25) is 5.95 Å². The molecular formula is C13H9F4NO2. The number of rotatable bonds is 3. The summed E-state index contributed by atoms with van der Waals surface area (Å²) in [5, 5.41) is 8.96. The normalized spacial score (nSPS) is 11.4. The van der Waals surface area contributed by atoms with Crippen molar-refractivity contribution in [1.29, 1.82) is 0 Å². The van der Waals surface area contributed by atoms with Crippen LogP contribution in [0.1, 0.15) is 5.56 Å². The molecule has 0 fully saturated rings. The predicted octanol–water partition coefficient (Wildman–Crippen LogP) is 3.28. The van der Waals surface area contributed by atoms with Gasteiger partial charge in [0.1, 0.15) is 5.75 Å². The van der Waals surface area contributed by atoms with Gasteiger partial charge in [0.15, 0.2) is 0 Å². The van der Waals surface area contributed by atoms with Gasteiger partial charge in [-0.1, -0.05) is 12.1 Å². The first-order valence-corrected chi connectivity index (χ1v) is 5.50. The minimum Gasteiger partial charge on any atom is -0.406 e. The van der Waals surface area contributed by atoms with Crippen molar-refractivity contribution in [2.24, 2.45) is 0 Å². The predicted molar refractivity (Wildman–Crippen MR) is 62.2 cm³/mol. The fourth-order valence-electron chi connectivity index (χ4n) is 1.62. The smallest absolute Gasteiger partial charge is 0.406 e. The number of aliphatic hydroxyl groups excluding tert-OH is 1. The third kappa shape index (κ3) is 3.45. The molecule has 1 aromatic carbocycles. The Morgan fingerprint density at radius 3 is 2.35 bits per heavy atom. The number of ether oxygens (including phenoxy) is 1. The van der Waals surface area contributed by atoms with E-state index in [-0.39, 0.29) is 12.2 Å². The zero-order valence-corrected chi connectivity index (χ0v) is 9.99. The Balaban J connectivity index is 2.30. The summed E-state index contributed by atoms with van der Waals surface area (Å²) in [6.07, 6.45) is -3.59. The molecule has 106 valence electrons. The average molecular weight is 287 g/mol. The Labute approximate surface area is 111 Å². The molecule has 0 aliphatic rings. The molecule has 0 atom stereocenters. The van der Waals surface area contributed by atoms with Gasteiger partial charge in [0, 0.05) is 11.8 Å². The molecule has 0 spiro atoms. The lowest BCUT2D eigenvalue weighted by molar-refractivity contribution is -0.274. The first-order valence-electron chi connectivity index (χ1n) is 5.50. The molecule has 2 aromatic rings. The Bertz CT molecular complexity index is 596. The van der Waals surface area contributed by atoms with E-state index in [0.29, 0.717) is 11.1 Å². The van der Waals surface area contributed by atoms with E-state index in [0.717, 1.165) is 12.1 Å². The van der Waals surface area contributed by atoms with Crippen molar-refractivity contribution >= 4 is 0 Å². The SMILES string of the molecule is OCc1cnc(F)c(-c2ccc(OC(F)(F)F)cc2)c1. The molecule has 20 heavy (non-hydrogen) atoms. The zero-order valence-electron chi connectivity index (χ0n) is 9.99. The molecule has 0 amide bonds. The van der Waals surface area contributed by atoms with Gasteiger partial charge in [0.05, 0.1) is 6.61 Å². The van der Waals surface area contributed by atoms with Crippen molar-refractivity contribution < 1.29 is 27.4 Å². The summed E-state index contributed by atoms with van der Waals surface area (Å²) < 4.78 is 53.3. The van der Waals surface area contributed by atoms with Crippen LogP contribution >= 0.6 is 0 Å². The monoisotopic (exact) mass is 287 g/mol. The van der Waals surface area contributed by atoms with Gasteiger partial charge >= 0.3 is 6.36 Å². The standard InChI is InChI=1S/C13H9F4NO2/c14-12-11(5-8(7-19)6-18-12)9-1-3-10(4-2-9)20-13(15,16)17/h1-6,19H,7H2. The molecule has 0 bridgehead atoms. The van der Waals surface area contributed by atoms with Crippen LogP contribution in [0.5, 0.6) is 5.75 Å². The van der Waals surface area contributed by atoms with Gasteiger partial charge in [-0.2, -0.15) is 4.39 Å². The summed E-state index contributed by atoms with van der Waals surface area (Å²) in [5.41, 5.74) is 0.826. The van der Waals surface area contributed by atoms with Crippen LogP contribution in [-0.2, 0) is 6.61 Å². The molecule has 0 unspecified atom stereocenters. The Kier molecular flexibility index (Phi) is 3.89. The second-order valence-electron chi connectivity index (χ2n) is 3.91. The summed E-state index contributed by atoms with van der Waals surface area (Å²) in [7, 11) is 0. The van der Waals surface area contributed by atoms with E-state index in [1.807, 2.05) is 0 Å². The van der Waals surface area contributed by atoms with E-state index in [1.54, 1.807) is 0 Å². The maximum Gasteiger partial charge on any atom is 0.573 e. The van der Waals surface area contributed by atoms with Crippen LogP contribution < -0.4 is 4.74 Å². The Morgan fingerprint density at radius 1 is 1.15 bits per heavy atom. The Hall–Kier alpha value is -2.15. The number of hydrogen-bond acceptors (Lipinski definition) is 3. The summed E-state index contributed by atoms with van der Waals surface area (Å²) >= 11 is 0. The molecule has 3 nitrogen and oxygen atoms in total. The summed E-state index contributed by atoms with van der Waals surface area (Å²) in [5.74, 6) is -1.17. The first-order chi connectivity index (χ1) is 9.39. The van der Waals surface area contributed by atoms with Crippen molar-refractivity contribution in [3.63, 3.8) is 0 Å². The average Bonchev–Trinajstić information content (AvgIpc) is 2.39. The van der Waals surface area contributed by atoms with Gasteiger partial charge in [0.25, 0.3) is 0 Å². The number of nitrogens with zero attached hydrogens (tertiary/aromatic N) is 1. The summed E-state index contributed by atoms with van der Waals surface area (Å²) in [4.78, 5) is 3.47. The molecular weight excluding hydrogens is 278 g/mol. The van der Waals surface area contributed by atoms with E-state index in [4.69, 9.17) is 5.11 Å². The van der Waals surface area contributed by atoms with Gasteiger partial charge in [-0.3, -0.25) is 0 Å². The maximum atomic E-state index is 13.6. The largest absolute Gasteiger partial charge is 0.573 e. The van der Waals surface area contributed by atoms with E-state index < -0.39 is 18.1 Å². The second-order valence-corrected chi connectivity index (χ2v) is 3.91. The lowest BCUT2D eigenvalue weighted by Gasteiger charge is -2.10. The zero-order chi connectivity index (χ0) is 14.8. The van der Waals surface area contributed by atoms with Crippen LogP contribution in [0.4, 0.5) is 17.6 Å². The topological polar surface area (TPSA) is 42.4 Å². The highest BCUT2D eigenvalue weighted by atomic mass is 19.4. The van der Waals surface area contributed by atoms with Crippen molar-refractivity contribution in [2.45, 2.75) is 13.0 Å². The molecule has 1 heterocycles. The summed E-state index contributed by atoms with van der Waals surface area (Å²) in [6, 6.07) is 6.09. The quantitative estimate of drug-likeness (QED) is 0.696. The molecule has 0 saturated heterocycles. The first kappa shape index (κ1) is 14.3. The molecule has 1 aromatic heterocycles. The highest BCUT2D eigenvalue weighted by molar-refractivity contribution is 5.64.